The molecular weight excluding hydrogens is 364 g/mol. The highest BCUT2D eigenvalue weighted by Gasteiger charge is 2.26. The van der Waals surface area contributed by atoms with Crippen molar-refractivity contribution in [3.63, 3.8) is 0 Å². The summed E-state index contributed by atoms with van der Waals surface area (Å²) in [5.41, 5.74) is 2.65. The van der Waals surface area contributed by atoms with E-state index in [1.807, 2.05) is 12.1 Å². The smallest absolute Gasteiger partial charge is 0.253 e. The maximum atomic E-state index is 12.5. The molecule has 2 aliphatic rings. The van der Waals surface area contributed by atoms with Gasteiger partial charge in [-0.15, -0.1) is 5.10 Å². The van der Waals surface area contributed by atoms with E-state index < -0.39 is 0 Å². The van der Waals surface area contributed by atoms with Gasteiger partial charge < -0.3 is 4.90 Å². The largest absolute Gasteiger partial charge is 0.355 e. The van der Waals surface area contributed by atoms with Crippen LogP contribution in [0.15, 0.2) is 53.8 Å². The molecule has 29 heavy (non-hydrogen) atoms. The van der Waals surface area contributed by atoms with E-state index in [0.29, 0.717) is 24.1 Å². The van der Waals surface area contributed by atoms with E-state index in [-0.39, 0.29) is 5.56 Å². The zero-order valence-electron chi connectivity index (χ0n) is 16.3. The average Bonchev–Trinajstić information content (AvgIpc) is 3.62. The van der Waals surface area contributed by atoms with Gasteiger partial charge in [0.1, 0.15) is 0 Å². The van der Waals surface area contributed by atoms with Crippen molar-refractivity contribution in [3.05, 3.63) is 65.1 Å². The van der Waals surface area contributed by atoms with Crippen molar-refractivity contribution in [3.8, 4) is 11.3 Å². The standard InChI is InChI=1S/C22H24N6O/c29-22-12-20(18-2-1-9-23-13-18)24-15-28(22)14-16-7-10-27(11-8-16)21-6-5-19(25-26-21)17-3-4-17/h1-2,5-6,9,12-13,15-17H,3-4,7-8,10-11,14H2. The summed E-state index contributed by atoms with van der Waals surface area (Å²) in [5, 5.41) is 8.83. The molecule has 1 aliphatic carbocycles. The van der Waals surface area contributed by atoms with E-state index >= 15 is 0 Å². The summed E-state index contributed by atoms with van der Waals surface area (Å²) in [5.74, 6) is 2.07. The number of aromatic nitrogens is 5. The maximum Gasteiger partial charge on any atom is 0.253 e. The Morgan fingerprint density at radius 1 is 1.03 bits per heavy atom. The Bertz CT molecular complexity index is 1020. The van der Waals surface area contributed by atoms with E-state index in [1.54, 1.807) is 29.4 Å². The molecule has 0 amide bonds. The summed E-state index contributed by atoms with van der Waals surface area (Å²) in [6.45, 7) is 2.59. The summed E-state index contributed by atoms with van der Waals surface area (Å²) in [6, 6.07) is 9.59. The lowest BCUT2D eigenvalue weighted by Gasteiger charge is -2.32. The van der Waals surface area contributed by atoms with E-state index in [2.05, 4.69) is 37.2 Å². The molecule has 1 aliphatic heterocycles. The van der Waals surface area contributed by atoms with Crippen LogP contribution in [0.4, 0.5) is 5.82 Å². The minimum absolute atomic E-state index is 0.0113. The minimum atomic E-state index is -0.0113. The van der Waals surface area contributed by atoms with Crippen LogP contribution in [0.5, 0.6) is 0 Å². The van der Waals surface area contributed by atoms with Gasteiger partial charge in [0.05, 0.1) is 17.7 Å². The summed E-state index contributed by atoms with van der Waals surface area (Å²) in [7, 11) is 0. The highest BCUT2D eigenvalue weighted by Crippen LogP contribution is 2.38. The SMILES string of the molecule is O=c1cc(-c2cccnc2)ncn1CC1CCN(c2ccc(C3CC3)nn2)CC1. The number of rotatable bonds is 5. The van der Waals surface area contributed by atoms with Gasteiger partial charge in [0.2, 0.25) is 0 Å². The van der Waals surface area contributed by atoms with Crippen molar-refractivity contribution in [1.29, 1.82) is 0 Å². The van der Waals surface area contributed by atoms with Gasteiger partial charge in [0.15, 0.2) is 5.82 Å². The second-order valence-electron chi connectivity index (χ2n) is 8.03. The first-order valence-electron chi connectivity index (χ1n) is 10.3. The Kier molecular flexibility index (Phi) is 4.79. The molecule has 0 aromatic carbocycles. The monoisotopic (exact) mass is 388 g/mol. The van der Waals surface area contributed by atoms with Crippen LogP contribution in [0.2, 0.25) is 0 Å². The van der Waals surface area contributed by atoms with Crippen molar-refractivity contribution in [2.24, 2.45) is 5.92 Å². The Morgan fingerprint density at radius 3 is 2.55 bits per heavy atom. The fourth-order valence-electron chi connectivity index (χ4n) is 3.96. The van der Waals surface area contributed by atoms with Gasteiger partial charge in [-0.25, -0.2) is 4.98 Å². The zero-order valence-corrected chi connectivity index (χ0v) is 16.3. The predicted octanol–water partition coefficient (Wildman–Crippen LogP) is 2.89. The van der Waals surface area contributed by atoms with E-state index in [0.717, 1.165) is 43.0 Å². The first-order chi connectivity index (χ1) is 14.3. The second kappa shape index (κ2) is 7.73. The number of pyridine rings is 1. The van der Waals surface area contributed by atoms with Crippen LogP contribution in [0, 0.1) is 5.92 Å². The molecule has 0 atom stereocenters. The zero-order chi connectivity index (χ0) is 19.6. The molecule has 3 aromatic rings. The minimum Gasteiger partial charge on any atom is -0.355 e. The van der Waals surface area contributed by atoms with Gasteiger partial charge in [-0.05, 0) is 55.9 Å². The molecule has 7 heteroatoms. The molecule has 148 valence electrons. The molecule has 0 spiro atoms. The topological polar surface area (TPSA) is 76.8 Å². The highest BCUT2D eigenvalue weighted by molar-refractivity contribution is 5.56. The fraction of sp³-hybridized carbons (Fsp3) is 0.409. The number of hydrogen-bond acceptors (Lipinski definition) is 6. The summed E-state index contributed by atoms with van der Waals surface area (Å²) >= 11 is 0. The van der Waals surface area contributed by atoms with Gasteiger partial charge in [0.25, 0.3) is 5.56 Å². The quantitative estimate of drug-likeness (QED) is 0.669. The Balaban J connectivity index is 1.20. The molecule has 0 radical (unpaired) electrons. The third-order valence-electron chi connectivity index (χ3n) is 5.90. The third-order valence-corrected chi connectivity index (χ3v) is 5.90. The molecule has 3 aromatic heterocycles. The van der Waals surface area contributed by atoms with E-state index in [9.17, 15) is 4.79 Å². The highest BCUT2D eigenvalue weighted by atomic mass is 16.1. The molecule has 0 unspecified atom stereocenters. The number of piperidine rings is 1. The average molecular weight is 388 g/mol. The summed E-state index contributed by atoms with van der Waals surface area (Å²) in [6.07, 6.45) is 9.66. The Labute approximate surface area is 169 Å². The first-order valence-corrected chi connectivity index (χ1v) is 10.3. The molecule has 0 N–H and O–H groups in total. The molecule has 5 rings (SSSR count). The van der Waals surface area contributed by atoms with Crippen molar-refractivity contribution in [2.45, 2.75) is 38.1 Å². The molecule has 4 heterocycles. The molecule has 2 fully saturated rings. The van der Waals surface area contributed by atoms with Crippen LogP contribution in [0.25, 0.3) is 11.3 Å². The first kappa shape index (κ1) is 18.0. The summed E-state index contributed by atoms with van der Waals surface area (Å²) in [4.78, 5) is 23.4. The fourth-order valence-corrected chi connectivity index (χ4v) is 3.96. The predicted molar refractivity (Wildman–Crippen MR) is 111 cm³/mol. The second-order valence-corrected chi connectivity index (χ2v) is 8.03. The number of anilines is 1. The van der Waals surface area contributed by atoms with Crippen LogP contribution in [0.3, 0.4) is 0 Å². The lowest BCUT2D eigenvalue weighted by Crippen LogP contribution is -2.36. The van der Waals surface area contributed by atoms with Crippen LogP contribution in [0.1, 0.15) is 37.3 Å². The normalized spacial score (nSPS) is 17.4. The Hall–Kier alpha value is -3.09. The van der Waals surface area contributed by atoms with Crippen LogP contribution >= 0.6 is 0 Å². The van der Waals surface area contributed by atoms with Crippen LogP contribution in [-0.4, -0.2) is 37.8 Å². The van der Waals surface area contributed by atoms with Crippen molar-refractivity contribution >= 4 is 5.82 Å². The van der Waals surface area contributed by atoms with Gasteiger partial charge in [0, 0.05) is 49.6 Å². The third kappa shape index (κ3) is 4.04. The number of hydrogen-bond donors (Lipinski definition) is 0. The molecule has 1 saturated carbocycles. The van der Waals surface area contributed by atoms with Gasteiger partial charge in [-0.1, -0.05) is 0 Å². The number of nitrogens with zero attached hydrogens (tertiary/aromatic N) is 6. The van der Waals surface area contributed by atoms with Crippen molar-refractivity contribution in [1.82, 2.24) is 24.7 Å². The molecule has 0 bridgehead atoms. The summed E-state index contributed by atoms with van der Waals surface area (Å²) < 4.78 is 1.73. The molecule has 7 nitrogen and oxygen atoms in total. The lowest BCUT2D eigenvalue weighted by molar-refractivity contribution is 0.350. The Morgan fingerprint density at radius 2 is 1.90 bits per heavy atom. The van der Waals surface area contributed by atoms with Gasteiger partial charge in [-0.2, -0.15) is 5.10 Å². The van der Waals surface area contributed by atoms with E-state index in [1.165, 1.54) is 12.8 Å². The van der Waals surface area contributed by atoms with Gasteiger partial charge in [-0.3, -0.25) is 14.3 Å². The maximum absolute atomic E-state index is 12.5. The van der Waals surface area contributed by atoms with Crippen molar-refractivity contribution in [2.75, 3.05) is 18.0 Å². The van der Waals surface area contributed by atoms with Gasteiger partial charge >= 0.3 is 0 Å². The van der Waals surface area contributed by atoms with Crippen LogP contribution in [-0.2, 0) is 6.54 Å². The molecular formula is C22H24N6O. The van der Waals surface area contributed by atoms with Crippen molar-refractivity contribution < 1.29 is 0 Å². The van der Waals surface area contributed by atoms with Crippen LogP contribution < -0.4 is 10.5 Å². The lowest BCUT2D eigenvalue weighted by atomic mass is 9.96. The van der Waals surface area contributed by atoms with E-state index in [4.69, 9.17) is 0 Å². The molecule has 1 saturated heterocycles.